The minimum absolute atomic E-state index is 0.0878. The quantitative estimate of drug-likeness (QED) is 0.906. The summed E-state index contributed by atoms with van der Waals surface area (Å²) in [7, 11) is 0. The molecule has 0 radical (unpaired) electrons. The first-order valence-electron chi connectivity index (χ1n) is 7.64. The van der Waals surface area contributed by atoms with Crippen molar-refractivity contribution in [2.24, 2.45) is 5.10 Å². The van der Waals surface area contributed by atoms with Gasteiger partial charge in [0.1, 0.15) is 17.6 Å². The first-order valence-corrected chi connectivity index (χ1v) is 8.02. The molecule has 0 aliphatic carbocycles. The van der Waals surface area contributed by atoms with Crippen LogP contribution in [0.4, 0.5) is 15.8 Å². The highest BCUT2D eigenvalue weighted by Crippen LogP contribution is 2.27. The lowest BCUT2D eigenvalue weighted by Crippen LogP contribution is -2.33. The van der Waals surface area contributed by atoms with E-state index in [1.54, 1.807) is 5.01 Å². The van der Waals surface area contributed by atoms with E-state index in [0.29, 0.717) is 0 Å². The summed E-state index contributed by atoms with van der Waals surface area (Å²) in [5.74, 6) is -1.05. The highest BCUT2D eigenvalue weighted by molar-refractivity contribution is 6.45. The largest absolute Gasteiger partial charge is 0.320 e. The summed E-state index contributed by atoms with van der Waals surface area (Å²) in [5.41, 5.74) is 1.23. The number of carbonyl (C=O) groups is 2. The molecular formula is C18H15ClFN3O2. The van der Waals surface area contributed by atoms with Gasteiger partial charge in [0, 0.05) is 6.42 Å². The lowest BCUT2D eigenvalue weighted by molar-refractivity contribution is -0.118. The molecule has 1 unspecified atom stereocenters. The fourth-order valence-electron chi connectivity index (χ4n) is 2.57. The fraction of sp³-hybridized carbons (Fsp3) is 0.167. The number of para-hydroxylation sites is 1. The zero-order valence-corrected chi connectivity index (χ0v) is 14.1. The number of benzene rings is 2. The molecule has 0 bridgehead atoms. The van der Waals surface area contributed by atoms with Gasteiger partial charge in [0.2, 0.25) is 0 Å². The third kappa shape index (κ3) is 3.69. The summed E-state index contributed by atoms with van der Waals surface area (Å²) in [6, 6.07) is 12.3. The maximum Gasteiger partial charge on any atom is 0.272 e. The number of amides is 1. The Bertz CT molecular complexity index is 855. The van der Waals surface area contributed by atoms with Crippen molar-refractivity contribution in [2.45, 2.75) is 19.4 Å². The monoisotopic (exact) mass is 359 g/mol. The molecule has 1 atom stereocenters. The molecule has 25 heavy (non-hydrogen) atoms. The molecule has 1 aliphatic heterocycles. The van der Waals surface area contributed by atoms with Crippen LogP contribution in [-0.2, 0) is 9.59 Å². The summed E-state index contributed by atoms with van der Waals surface area (Å²) >= 11 is 5.92. The summed E-state index contributed by atoms with van der Waals surface area (Å²) in [6.45, 7) is 1.47. The number of hydrazone groups is 1. The first kappa shape index (κ1) is 17.1. The van der Waals surface area contributed by atoms with Gasteiger partial charge in [-0.2, -0.15) is 5.10 Å². The smallest absolute Gasteiger partial charge is 0.272 e. The van der Waals surface area contributed by atoms with E-state index in [4.69, 9.17) is 11.6 Å². The van der Waals surface area contributed by atoms with Crippen LogP contribution in [-0.4, -0.2) is 23.4 Å². The van der Waals surface area contributed by atoms with E-state index in [1.807, 2.05) is 30.3 Å². The van der Waals surface area contributed by atoms with Gasteiger partial charge in [0.15, 0.2) is 5.78 Å². The molecule has 0 saturated heterocycles. The highest BCUT2D eigenvalue weighted by Gasteiger charge is 2.34. The minimum Gasteiger partial charge on any atom is -0.320 e. The number of halogens is 2. The molecule has 1 heterocycles. The van der Waals surface area contributed by atoms with Gasteiger partial charge in [-0.05, 0) is 37.3 Å². The Morgan fingerprint density at radius 2 is 1.96 bits per heavy atom. The second kappa shape index (κ2) is 7.03. The second-order valence-electron chi connectivity index (χ2n) is 5.64. The molecule has 1 aliphatic rings. The lowest BCUT2D eigenvalue weighted by Gasteiger charge is -2.20. The highest BCUT2D eigenvalue weighted by atomic mass is 35.5. The predicted octanol–water partition coefficient (Wildman–Crippen LogP) is 3.64. The van der Waals surface area contributed by atoms with Crippen molar-refractivity contribution in [3.63, 3.8) is 0 Å². The maximum absolute atomic E-state index is 13.1. The van der Waals surface area contributed by atoms with E-state index in [9.17, 15) is 14.0 Å². The van der Waals surface area contributed by atoms with Gasteiger partial charge in [-0.25, -0.2) is 4.39 Å². The van der Waals surface area contributed by atoms with Gasteiger partial charge in [0.25, 0.3) is 5.91 Å². The summed E-state index contributed by atoms with van der Waals surface area (Å²) < 4.78 is 13.1. The van der Waals surface area contributed by atoms with Crippen molar-refractivity contribution in [3.05, 3.63) is 59.4 Å². The molecular weight excluding hydrogens is 345 g/mol. The van der Waals surface area contributed by atoms with Crippen molar-refractivity contribution >= 4 is 40.4 Å². The molecule has 2 aromatic rings. The predicted molar refractivity (Wildman–Crippen MR) is 95.5 cm³/mol. The molecule has 1 N–H and O–H groups in total. The molecule has 0 aromatic heterocycles. The second-order valence-corrected chi connectivity index (χ2v) is 6.04. The summed E-state index contributed by atoms with van der Waals surface area (Å²) in [4.78, 5) is 24.4. The van der Waals surface area contributed by atoms with Crippen LogP contribution in [0.15, 0.2) is 53.6 Å². The Kier molecular flexibility index (Phi) is 4.81. The molecule has 2 aromatic carbocycles. The molecule has 3 rings (SSSR count). The van der Waals surface area contributed by atoms with Gasteiger partial charge in [-0.15, -0.1) is 0 Å². The zero-order valence-electron chi connectivity index (χ0n) is 13.4. The van der Waals surface area contributed by atoms with Crippen molar-refractivity contribution in [1.29, 1.82) is 0 Å². The molecule has 7 heteroatoms. The molecule has 0 saturated carbocycles. The number of Topliss-reactive ketones (excluding diaryl/α,β-unsaturated/α-hetero) is 1. The standard InChI is InChI=1S/C18H15ClFN3O2/c1-11(24)17-10-16(22-23(17)13-5-3-2-4-6-13)18(25)21-15-8-7-12(20)9-14(15)19/h2-9,17H,10H2,1H3,(H,21,25). The van der Waals surface area contributed by atoms with Gasteiger partial charge in [-0.3, -0.25) is 14.6 Å². The topological polar surface area (TPSA) is 61.8 Å². The van der Waals surface area contributed by atoms with Crippen molar-refractivity contribution < 1.29 is 14.0 Å². The van der Waals surface area contributed by atoms with Gasteiger partial charge in [0.05, 0.1) is 16.4 Å². The maximum atomic E-state index is 13.1. The van der Waals surface area contributed by atoms with Crippen LogP contribution in [0.1, 0.15) is 13.3 Å². The average molecular weight is 360 g/mol. The van der Waals surface area contributed by atoms with Gasteiger partial charge >= 0.3 is 0 Å². The minimum atomic E-state index is -0.535. The van der Waals surface area contributed by atoms with Crippen LogP contribution in [0.3, 0.4) is 0 Å². The molecule has 5 nitrogen and oxygen atoms in total. The number of ketones is 1. The Labute approximate surface area is 149 Å². The van der Waals surface area contributed by atoms with Gasteiger partial charge < -0.3 is 5.32 Å². The Balaban J connectivity index is 1.84. The van der Waals surface area contributed by atoms with Crippen molar-refractivity contribution in [1.82, 2.24) is 0 Å². The normalized spacial score (nSPS) is 16.5. The number of hydrogen-bond acceptors (Lipinski definition) is 4. The van der Waals surface area contributed by atoms with Crippen molar-refractivity contribution in [2.75, 3.05) is 10.3 Å². The van der Waals surface area contributed by atoms with Crippen LogP contribution < -0.4 is 10.3 Å². The van der Waals surface area contributed by atoms with E-state index in [2.05, 4.69) is 10.4 Å². The van der Waals surface area contributed by atoms with E-state index in [0.717, 1.165) is 11.8 Å². The average Bonchev–Trinajstić information content (AvgIpc) is 3.04. The Hall–Kier alpha value is -2.73. The number of rotatable bonds is 4. The van der Waals surface area contributed by atoms with Crippen LogP contribution in [0, 0.1) is 5.82 Å². The summed E-state index contributed by atoms with van der Waals surface area (Å²) in [6.07, 6.45) is 0.189. The number of nitrogens with one attached hydrogen (secondary N) is 1. The molecule has 0 fully saturated rings. The Morgan fingerprint density at radius 3 is 2.60 bits per heavy atom. The van der Waals surface area contributed by atoms with Crippen LogP contribution in [0.5, 0.6) is 0 Å². The van der Waals surface area contributed by atoms with Crippen LogP contribution in [0.25, 0.3) is 0 Å². The first-order chi connectivity index (χ1) is 12.0. The van der Waals surface area contributed by atoms with Gasteiger partial charge in [-0.1, -0.05) is 29.8 Å². The fourth-order valence-corrected chi connectivity index (χ4v) is 2.78. The summed E-state index contributed by atoms with van der Waals surface area (Å²) in [5, 5.41) is 8.55. The Morgan fingerprint density at radius 1 is 1.24 bits per heavy atom. The SMILES string of the molecule is CC(=O)C1CC(C(=O)Nc2ccc(F)cc2Cl)=NN1c1ccccc1. The molecule has 128 valence electrons. The lowest BCUT2D eigenvalue weighted by atomic mass is 10.1. The number of nitrogens with zero attached hydrogens (tertiary/aromatic N) is 2. The van der Waals surface area contributed by atoms with Crippen molar-refractivity contribution in [3.8, 4) is 0 Å². The van der Waals surface area contributed by atoms with E-state index in [1.165, 1.54) is 19.1 Å². The van der Waals surface area contributed by atoms with E-state index < -0.39 is 17.8 Å². The third-order valence-corrected chi connectivity index (χ3v) is 4.15. The number of carbonyl (C=O) groups excluding carboxylic acids is 2. The molecule has 1 amide bonds. The number of anilines is 2. The van der Waals surface area contributed by atoms with E-state index in [-0.39, 0.29) is 28.6 Å². The third-order valence-electron chi connectivity index (χ3n) is 3.84. The van der Waals surface area contributed by atoms with Crippen LogP contribution in [0.2, 0.25) is 5.02 Å². The zero-order chi connectivity index (χ0) is 18.0. The molecule has 0 spiro atoms. The number of hydrogen-bond donors (Lipinski definition) is 1. The van der Waals surface area contributed by atoms with Crippen LogP contribution >= 0.6 is 11.6 Å². The van der Waals surface area contributed by atoms with E-state index >= 15 is 0 Å².